The molecule has 0 heterocycles. The summed E-state index contributed by atoms with van der Waals surface area (Å²) in [5.41, 5.74) is 5.72. The van der Waals surface area contributed by atoms with Crippen LogP contribution in [0.1, 0.15) is 26.3 Å². The van der Waals surface area contributed by atoms with E-state index in [-0.39, 0.29) is 24.4 Å². The molecule has 0 aromatic heterocycles. The van der Waals surface area contributed by atoms with Crippen LogP contribution in [-0.4, -0.2) is 32.7 Å². The Kier molecular flexibility index (Phi) is 7.53. The second-order valence-electron chi connectivity index (χ2n) is 5.30. The molecule has 3 N–H and O–H groups in total. The molecule has 0 bridgehead atoms. The molecule has 0 unspecified atom stereocenters. The number of carbonyl (C=O) groups excluding carboxylic acids is 1. The topological polar surface area (TPSA) is 73.6 Å². The summed E-state index contributed by atoms with van der Waals surface area (Å²) in [4.78, 5) is 12.3. The maximum Gasteiger partial charge on any atom is 0.230 e. The molecule has 0 aliphatic rings. The number of methoxy groups -OCH3 is 2. The van der Waals surface area contributed by atoms with Gasteiger partial charge in [-0.15, -0.1) is 12.4 Å². The van der Waals surface area contributed by atoms with Crippen LogP contribution in [0.15, 0.2) is 18.2 Å². The van der Waals surface area contributed by atoms with Gasteiger partial charge in [-0.05, 0) is 38.5 Å². The Morgan fingerprint density at radius 3 is 2.33 bits per heavy atom. The van der Waals surface area contributed by atoms with Crippen molar-refractivity contribution in [2.45, 2.75) is 32.2 Å². The molecule has 0 fully saturated rings. The Hall–Kier alpha value is -1.46. The number of ether oxygens (including phenoxy) is 2. The quantitative estimate of drug-likeness (QED) is 0.840. The zero-order valence-corrected chi connectivity index (χ0v) is 14.0. The van der Waals surface area contributed by atoms with Crippen molar-refractivity contribution in [3.8, 4) is 11.5 Å². The number of hydrogen-bond acceptors (Lipinski definition) is 4. The normalized spacial score (nSPS) is 12.1. The molecule has 1 rings (SSSR count). The van der Waals surface area contributed by atoms with Gasteiger partial charge in [-0.3, -0.25) is 4.79 Å². The molecule has 5 nitrogen and oxygen atoms in total. The first-order valence-electron chi connectivity index (χ1n) is 6.60. The fourth-order valence-electron chi connectivity index (χ4n) is 1.82. The van der Waals surface area contributed by atoms with Gasteiger partial charge in [0, 0.05) is 12.6 Å². The molecule has 120 valence electrons. The third kappa shape index (κ3) is 4.51. The number of rotatable bonds is 6. The summed E-state index contributed by atoms with van der Waals surface area (Å²) >= 11 is 0. The van der Waals surface area contributed by atoms with Crippen LogP contribution >= 0.6 is 12.4 Å². The van der Waals surface area contributed by atoms with Gasteiger partial charge >= 0.3 is 0 Å². The van der Waals surface area contributed by atoms with Crippen LogP contribution in [0.5, 0.6) is 11.5 Å². The standard InChI is InChI=1S/C15H24N2O3.ClH/c1-10(9-16)17-14(18)15(2,3)11-6-7-12(19-4)13(8-11)20-5;/h6-8,10H,9,16H2,1-5H3,(H,17,18);1H/t10-;/m0./s1. The highest BCUT2D eigenvalue weighted by Crippen LogP contribution is 2.33. The average molecular weight is 317 g/mol. The molecular weight excluding hydrogens is 292 g/mol. The van der Waals surface area contributed by atoms with E-state index in [4.69, 9.17) is 15.2 Å². The Labute approximate surface area is 132 Å². The van der Waals surface area contributed by atoms with Crippen molar-refractivity contribution in [2.75, 3.05) is 20.8 Å². The predicted molar refractivity (Wildman–Crippen MR) is 86.5 cm³/mol. The van der Waals surface area contributed by atoms with Crippen molar-refractivity contribution in [3.63, 3.8) is 0 Å². The van der Waals surface area contributed by atoms with Crippen LogP contribution in [0, 0.1) is 0 Å². The summed E-state index contributed by atoms with van der Waals surface area (Å²) in [6.45, 7) is 6.02. The molecule has 0 saturated carbocycles. The molecule has 1 atom stereocenters. The minimum Gasteiger partial charge on any atom is -0.493 e. The Morgan fingerprint density at radius 1 is 1.29 bits per heavy atom. The summed E-state index contributed by atoms with van der Waals surface area (Å²) in [5.74, 6) is 1.18. The summed E-state index contributed by atoms with van der Waals surface area (Å²) in [7, 11) is 3.16. The molecule has 6 heteroatoms. The van der Waals surface area contributed by atoms with Crippen LogP contribution in [0.25, 0.3) is 0 Å². The van der Waals surface area contributed by atoms with E-state index in [9.17, 15) is 4.79 Å². The smallest absolute Gasteiger partial charge is 0.230 e. The predicted octanol–water partition coefficient (Wildman–Crippen LogP) is 1.87. The first-order valence-corrected chi connectivity index (χ1v) is 6.60. The number of amides is 1. The van der Waals surface area contributed by atoms with E-state index in [0.29, 0.717) is 18.0 Å². The minimum atomic E-state index is -0.678. The van der Waals surface area contributed by atoms with Crippen LogP contribution in [0.2, 0.25) is 0 Å². The lowest BCUT2D eigenvalue weighted by Gasteiger charge is -2.26. The number of nitrogens with one attached hydrogen (secondary N) is 1. The molecule has 0 saturated heterocycles. The average Bonchev–Trinajstić information content (AvgIpc) is 2.45. The number of benzene rings is 1. The van der Waals surface area contributed by atoms with Crippen molar-refractivity contribution >= 4 is 18.3 Å². The fraction of sp³-hybridized carbons (Fsp3) is 0.533. The number of nitrogens with two attached hydrogens (primary N) is 1. The van der Waals surface area contributed by atoms with Gasteiger partial charge in [-0.1, -0.05) is 6.07 Å². The van der Waals surface area contributed by atoms with Crippen molar-refractivity contribution in [1.82, 2.24) is 5.32 Å². The third-order valence-corrected chi connectivity index (χ3v) is 3.40. The molecule has 1 aromatic rings. The summed E-state index contributed by atoms with van der Waals surface area (Å²) in [6, 6.07) is 5.44. The summed E-state index contributed by atoms with van der Waals surface area (Å²) < 4.78 is 10.5. The first-order chi connectivity index (χ1) is 9.36. The molecular formula is C15H25ClN2O3. The van der Waals surface area contributed by atoms with Gasteiger partial charge in [-0.2, -0.15) is 0 Å². The number of carbonyl (C=O) groups is 1. The second-order valence-corrected chi connectivity index (χ2v) is 5.30. The highest BCUT2D eigenvalue weighted by atomic mass is 35.5. The van der Waals surface area contributed by atoms with Gasteiger partial charge in [0.25, 0.3) is 0 Å². The molecule has 21 heavy (non-hydrogen) atoms. The number of halogens is 1. The van der Waals surface area contributed by atoms with E-state index in [1.165, 1.54) is 0 Å². The lowest BCUT2D eigenvalue weighted by Crippen LogP contribution is -2.46. The summed E-state index contributed by atoms with van der Waals surface area (Å²) in [5, 5.41) is 2.90. The van der Waals surface area contributed by atoms with Crippen molar-refractivity contribution in [1.29, 1.82) is 0 Å². The van der Waals surface area contributed by atoms with Crippen LogP contribution < -0.4 is 20.5 Å². The van der Waals surface area contributed by atoms with E-state index in [1.54, 1.807) is 20.3 Å². The zero-order valence-electron chi connectivity index (χ0n) is 13.2. The highest BCUT2D eigenvalue weighted by Gasteiger charge is 2.31. The molecule has 0 radical (unpaired) electrons. The second kappa shape index (κ2) is 8.10. The van der Waals surface area contributed by atoms with Gasteiger partial charge in [0.05, 0.1) is 19.6 Å². The molecule has 0 aliphatic carbocycles. The monoisotopic (exact) mass is 316 g/mol. The van der Waals surface area contributed by atoms with Crippen LogP contribution in [-0.2, 0) is 10.2 Å². The Balaban J connectivity index is 0.00000400. The lowest BCUT2D eigenvalue weighted by atomic mass is 9.83. The van der Waals surface area contributed by atoms with Gasteiger partial charge in [0.1, 0.15) is 0 Å². The third-order valence-electron chi connectivity index (χ3n) is 3.40. The first kappa shape index (κ1) is 19.5. The fourth-order valence-corrected chi connectivity index (χ4v) is 1.82. The van der Waals surface area contributed by atoms with Gasteiger partial charge in [0.15, 0.2) is 11.5 Å². The molecule has 1 aromatic carbocycles. The van der Waals surface area contributed by atoms with E-state index in [1.807, 2.05) is 32.9 Å². The maximum atomic E-state index is 12.3. The van der Waals surface area contributed by atoms with E-state index in [2.05, 4.69) is 5.32 Å². The SMILES string of the molecule is COc1ccc(C(C)(C)C(=O)N[C@@H](C)CN)cc1OC.Cl. The molecule has 0 aliphatic heterocycles. The van der Waals surface area contributed by atoms with Crippen molar-refractivity contribution in [3.05, 3.63) is 23.8 Å². The number of hydrogen-bond donors (Lipinski definition) is 2. The minimum absolute atomic E-state index is 0. The van der Waals surface area contributed by atoms with Crippen LogP contribution in [0.3, 0.4) is 0 Å². The zero-order chi connectivity index (χ0) is 15.3. The van der Waals surface area contributed by atoms with E-state index >= 15 is 0 Å². The molecule has 1 amide bonds. The van der Waals surface area contributed by atoms with Crippen molar-refractivity contribution in [2.24, 2.45) is 5.73 Å². The highest BCUT2D eigenvalue weighted by molar-refractivity contribution is 5.87. The van der Waals surface area contributed by atoms with Crippen molar-refractivity contribution < 1.29 is 14.3 Å². The Morgan fingerprint density at radius 2 is 1.86 bits per heavy atom. The van der Waals surface area contributed by atoms with E-state index < -0.39 is 5.41 Å². The van der Waals surface area contributed by atoms with Gasteiger partial charge < -0.3 is 20.5 Å². The Bertz CT molecular complexity index is 478. The lowest BCUT2D eigenvalue weighted by molar-refractivity contribution is -0.126. The van der Waals surface area contributed by atoms with Gasteiger partial charge in [-0.25, -0.2) is 0 Å². The largest absolute Gasteiger partial charge is 0.493 e. The van der Waals surface area contributed by atoms with Gasteiger partial charge in [0.2, 0.25) is 5.91 Å². The maximum absolute atomic E-state index is 12.3. The summed E-state index contributed by atoms with van der Waals surface area (Å²) in [6.07, 6.45) is 0. The molecule has 0 spiro atoms. The van der Waals surface area contributed by atoms with E-state index in [0.717, 1.165) is 5.56 Å². The van der Waals surface area contributed by atoms with Crippen LogP contribution in [0.4, 0.5) is 0 Å².